The monoisotopic (exact) mass is 378 g/mol. The Morgan fingerprint density at radius 1 is 1.21 bits per heavy atom. The summed E-state index contributed by atoms with van der Waals surface area (Å²) >= 11 is 0. The number of pyridine rings is 1. The summed E-state index contributed by atoms with van der Waals surface area (Å²) in [5, 5.41) is 8.01. The van der Waals surface area contributed by atoms with Crippen LogP contribution in [0.25, 0.3) is 16.4 Å². The zero-order valence-electron chi connectivity index (χ0n) is 15.4. The van der Waals surface area contributed by atoms with Gasteiger partial charge in [0.2, 0.25) is 5.78 Å². The van der Waals surface area contributed by atoms with Gasteiger partial charge in [0.15, 0.2) is 11.6 Å². The Balaban J connectivity index is 1.53. The maximum absolute atomic E-state index is 14.4. The lowest BCUT2D eigenvalue weighted by Gasteiger charge is -2.29. The summed E-state index contributed by atoms with van der Waals surface area (Å²) in [4.78, 5) is 19.6. The average Bonchev–Trinajstić information content (AvgIpc) is 3.30. The van der Waals surface area contributed by atoms with Crippen molar-refractivity contribution >= 4 is 27.9 Å². The van der Waals surface area contributed by atoms with Crippen molar-refractivity contribution in [1.29, 1.82) is 0 Å². The highest BCUT2D eigenvalue weighted by Crippen LogP contribution is 2.23. The first kappa shape index (κ1) is 16.9. The number of piperazine rings is 1. The van der Waals surface area contributed by atoms with E-state index in [-0.39, 0.29) is 22.7 Å². The summed E-state index contributed by atoms with van der Waals surface area (Å²) in [5.41, 5.74) is 2.46. The van der Waals surface area contributed by atoms with Crippen molar-refractivity contribution < 1.29 is 9.18 Å². The molecule has 0 saturated carbocycles. The summed E-state index contributed by atoms with van der Waals surface area (Å²) in [5.74, 6) is -0.563. The van der Waals surface area contributed by atoms with E-state index in [1.807, 2.05) is 18.3 Å². The number of hydrogen-bond acceptors (Lipinski definition) is 5. The van der Waals surface area contributed by atoms with Crippen LogP contribution in [0.4, 0.5) is 10.1 Å². The van der Waals surface area contributed by atoms with Crippen molar-refractivity contribution in [3.63, 3.8) is 0 Å². The molecule has 1 aromatic carbocycles. The molecule has 4 aromatic rings. The molecule has 0 spiro atoms. The highest BCUT2D eigenvalue weighted by Gasteiger charge is 2.19. The lowest BCUT2D eigenvalue weighted by Crippen LogP contribution is -2.43. The van der Waals surface area contributed by atoms with E-state index in [9.17, 15) is 9.18 Å². The Kier molecular flexibility index (Phi) is 3.87. The molecular weight excluding hydrogens is 359 g/mol. The molecule has 0 bridgehead atoms. The summed E-state index contributed by atoms with van der Waals surface area (Å²) in [6.07, 6.45) is 5.22. The van der Waals surface area contributed by atoms with Gasteiger partial charge in [-0.3, -0.25) is 13.9 Å². The number of aromatic nitrogens is 4. The number of nitrogens with zero attached hydrogens (tertiary/aromatic N) is 5. The highest BCUT2D eigenvalue weighted by atomic mass is 19.1. The number of carbonyl (C=O) groups excluding carboxylic acids is 1. The molecule has 4 heterocycles. The van der Waals surface area contributed by atoms with Gasteiger partial charge in [-0.25, -0.2) is 9.37 Å². The van der Waals surface area contributed by atoms with E-state index in [1.54, 1.807) is 29.9 Å². The molecule has 0 atom stereocenters. The van der Waals surface area contributed by atoms with E-state index in [1.165, 1.54) is 10.7 Å². The van der Waals surface area contributed by atoms with Gasteiger partial charge in [0.05, 0.1) is 11.7 Å². The third-order valence-electron chi connectivity index (χ3n) is 5.14. The second-order valence-electron chi connectivity index (χ2n) is 7.03. The number of benzene rings is 1. The molecule has 1 N–H and O–H groups in total. The van der Waals surface area contributed by atoms with E-state index >= 15 is 0 Å². The summed E-state index contributed by atoms with van der Waals surface area (Å²) in [7, 11) is 1.72. The predicted molar refractivity (Wildman–Crippen MR) is 104 cm³/mol. The van der Waals surface area contributed by atoms with Gasteiger partial charge in [-0.2, -0.15) is 5.10 Å². The average molecular weight is 378 g/mol. The topological polar surface area (TPSA) is 67.5 Å². The van der Waals surface area contributed by atoms with E-state index in [2.05, 4.69) is 20.3 Å². The number of anilines is 1. The molecule has 1 aliphatic rings. The van der Waals surface area contributed by atoms with Crippen LogP contribution in [0.2, 0.25) is 0 Å². The van der Waals surface area contributed by atoms with Crippen LogP contribution in [-0.2, 0) is 7.05 Å². The van der Waals surface area contributed by atoms with Gasteiger partial charge in [0.25, 0.3) is 0 Å². The van der Waals surface area contributed by atoms with Crippen molar-refractivity contribution in [2.75, 3.05) is 31.1 Å². The molecule has 5 rings (SSSR count). The van der Waals surface area contributed by atoms with Gasteiger partial charge in [0.1, 0.15) is 5.52 Å². The molecule has 3 aromatic heterocycles. The molecule has 1 saturated heterocycles. The minimum absolute atomic E-state index is 0.257. The van der Waals surface area contributed by atoms with Crippen LogP contribution in [0.15, 0.2) is 42.9 Å². The normalized spacial score (nSPS) is 14.9. The van der Waals surface area contributed by atoms with Crippen molar-refractivity contribution in [3.8, 4) is 0 Å². The molecule has 0 radical (unpaired) electrons. The lowest BCUT2D eigenvalue weighted by atomic mass is 10.1. The van der Waals surface area contributed by atoms with Crippen molar-refractivity contribution in [2.45, 2.75) is 0 Å². The predicted octanol–water partition coefficient (Wildman–Crippen LogP) is 2.00. The van der Waals surface area contributed by atoms with E-state index in [4.69, 9.17) is 0 Å². The zero-order valence-corrected chi connectivity index (χ0v) is 15.4. The standard InChI is InChI=1S/C20H19FN6O/c1-25-12-14-8-13(9-17(21)18(14)24-25)19(28)20-23-11-16-10-15(2-5-27(16)20)26-6-3-22-4-7-26/h2,5,8-12,22H,3-4,6-7H2,1H3. The molecule has 8 heteroatoms. The highest BCUT2D eigenvalue weighted by molar-refractivity contribution is 6.09. The Bertz CT molecular complexity index is 1200. The number of aryl methyl sites for hydroxylation is 1. The Morgan fingerprint density at radius 2 is 2.04 bits per heavy atom. The Labute approximate surface area is 160 Å². The molecule has 7 nitrogen and oxygen atoms in total. The third kappa shape index (κ3) is 2.73. The van der Waals surface area contributed by atoms with Crippen molar-refractivity contribution in [2.24, 2.45) is 7.05 Å². The van der Waals surface area contributed by atoms with E-state index in [0.29, 0.717) is 5.39 Å². The molecule has 0 aliphatic carbocycles. The number of fused-ring (bicyclic) bond motifs is 2. The molecule has 142 valence electrons. The number of rotatable bonds is 3. The van der Waals surface area contributed by atoms with Gasteiger partial charge in [-0.05, 0) is 24.3 Å². The van der Waals surface area contributed by atoms with Crippen LogP contribution < -0.4 is 10.2 Å². The third-order valence-corrected chi connectivity index (χ3v) is 5.14. The molecule has 0 amide bonds. The van der Waals surface area contributed by atoms with E-state index < -0.39 is 5.82 Å². The Morgan fingerprint density at radius 3 is 2.86 bits per heavy atom. The second kappa shape index (κ2) is 6.42. The summed E-state index contributed by atoms with van der Waals surface area (Å²) in [6, 6.07) is 6.90. The smallest absolute Gasteiger partial charge is 0.228 e. The van der Waals surface area contributed by atoms with Gasteiger partial charge in [-0.1, -0.05) is 0 Å². The van der Waals surface area contributed by atoms with Crippen LogP contribution in [0.1, 0.15) is 16.2 Å². The van der Waals surface area contributed by atoms with Crippen molar-refractivity contribution in [3.05, 3.63) is 60.1 Å². The minimum atomic E-state index is -0.511. The first-order valence-electron chi connectivity index (χ1n) is 9.20. The van der Waals surface area contributed by atoms with Crippen LogP contribution in [-0.4, -0.2) is 51.1 Å². The van der Waals surface area contributed by atoms with Crippen LogP contribution in [0.3, 0.4) is 0 Å². The lowest BCUT2D eigenvalue weighted by molar-refractivity contribution is 0.102. The molecule has 0 unspecified atom stereocenters. The fourth-order valence-electron chi connectivity index (χ4n) is 3.75. The van der Waals surface area contributed by atoms with E-state index in [0.717, 1.165) is 37.4 Å². The Hall–Kier alpha value is -3.26. The number of ketones is 1. The van der Waals surface area contributed by atoms with Crippen LogP contribution in [0.5, 0.6) is 0 Å². The second-order valence-corrected chi connectivity index (χ2v) is 7.03. The summed E-state index contributed by atoms with van der Waals surface area (Å²) in [6.45, 7) is 3.80. The molecular formula is C20H19FN6O. The SMILES string of the molecule is Cn1cc2cc(C(=O)c3ncc4cc(N5CCNCC5)ccn34)cc(F)c2n1. The zero-order chi connectivity index (χ0) is 19.3. The molecule has 1 fully saturated rings. The van der Waals surface area contributed by atoms with Gasteiger partial charge in [0, 0.05) is 62.3 Å². The number of carbonyl (C=O) groups is 1. The van der Waals surface area contributed by atoms with Crippen LogP contribution >= 0.6 is 0 Å². The minimum Gasteiger partial charge on any atom is -0.369 e. The van der Waals surface area contributed by atoms with Gasteiger partial charge in [-0.15, -0.1) is 0 Å². The fourth-order valence-corrected chi connectivity index (χ4v) is 3.75. The fraction of sp³-hybridized carbons (Fsp3) is 0.250. The summed E-state index contributed by atoms with van der Waals surface area (Å²) < 4.78 is 17.7. The van der Waals surface area contributed by atoms with Crippen molar-refractivity contribution in [1.82, 2.24) is 24.5 Å². The largest absolute Gasteiger partial charge is 0.369 e. The molecule has 28 heavy (non-hydrogen) atoms. The maximum Gasteiger partial charge on any atom is 0.228 e. The number of hydrogen-bond donors (Lipinski definition) is 1. The quantitative estimate of drug-likeness (QED) is 0.553. The number of halogens is 1. The number of nitrogens with one attached hydrogen (secondary N) is 1. The number of imidazole rings is 1. The van der Waals surface area contributed by atoms with Gasteiger partial charge < -0.3 is 10.2 Å². The first-order valence-corrected chi connectivity index (χ1v) is 9.20. The maximum atomic E-state index is 14.4. The van der Waals surface area contributed by atoms with Crippen LogP contribution in [0, 0.1) is 5.82 Å². The molecule has 1 aliphatic heterocycles. The first-order chi connectivity index (χ1) is 13.6. The van der Waals surface area contributed by atoms with Gasteiger partial charge >= 0.3 is 0 Å².